The zero-order chi connectivity index (χ0) is 16.7. The highest BCUT2D eigenvalue weighted by Crippen LogP contribution is 2.08. The third-order valence-corrected chi connectivity index (χ3v) is 3.31. The summed E-state index contributed by atoms with van der Waals surface area (Å²) in [5, 5.41) is 6.21. The van der Waals surface area contributed by atoms with Crippen molar-refractivity contribution in [1.82, 2.24) is 10.3 Å². The number of carbonyl (C=O) groups is 1. The van der Waals surface area contributed by atoms with Gasteiger partial charge in [0.15, 0.2) is 0 Å². The first-order valence-electron chi connectivity index (χ1n) is 8.00. The van der Waals surface area contributed by atoms with Gasteiger partial charge < -0.3 is 10.6 Å². The number of nitrogens with one attached hydrogen (secondary N) is 2. The molecule has 4 heteroatoms. The number of carbonyl (C=O) groups excluding carboxylic acids is 1. The van der Waals surface area contributed by atoms with Crippen molar-refractivity contribution in [1.29, 1.82) is 0 Å². The molecule has 122 valence electrons. The van der Waals surface area contributed by atoms with Crippen LogP contribution in [0.25, 0.3) is 0 Å². The van der Waals surface area contributed by atoms with E-state index in [9.17, 15) is 4.79 Å². The highest BCUT2D eigenvalue weighted by molar-refractivity contribution is 5.94. The van der Waals surface area contributed by atoms with E-state index in [1.54, 1.807) is 12.3 Å². The zero-order valence-electron chi connectivity index (χ0n) is 14.1. The number of aromatic nitrogens is 1. The van der Waals surface area contributed by atoms with E-state index in [0.717, 1.165) is 25.2 Å². The van der Waals surface area contributed by atoms with Gasteiger partial charge in [0.05, 0.1) is 5.56 Å². The molecule has 1 heterocycles. The Morgan fingerprint density at radius 2 is 1.83 bits per heavy atom. The lowest BCUT2D eigenvalue weighted by Crippen LogP contribution is -2.40. The summed E-state index contributed by atoms with van der Waals surface area (Å²) in [6.07, 6.45) is 3.69. The van der Waals surface area contributed by atoms with Gasteiger partial charge in [-0.15, -0.1) is 0 Å². The molecule has 0 saturated carbocycles. The van der Waals surface area contributed by atoms with Crippen LogP contribution in [0.2, 0.25) is 0 Å². The van der Waals surface area contributed by atoms with E-state index in [1.807, 2.05) is 32.9 Å². The van der Waals surface area contributed by atoms with Crippen LogP contribution in [0.3, 0.4) is 0 Å². The molecule has 2 N–H and O–H groups in total. The monoisotopic (exact) mass is 311 g/mol. The van der Waals surface area contributed by atoms with Crippen LogP contribution in [-0.4, -0.2) is 23.0 Å². The molecule has 0 aliphatic rings. The third-order valence-electron chi connectivity index (χ3n) is 3.31. The van der Waals surface area contributed by atoms with Crippen LogP contribution in [0, 0.1) is 0 Å². The van der Waals surface area contributed by atoms with Crippen LogP contribution in [0.4, 0.5) is 5.82 Å². The third kappa shape index (κ3) is 6.10. The minimum absolute atomic E-state index is 0.0966. The van der Waals surface area contributed by atoms with Crippen molar-refractivity contribution in [2.45, 2.75) is 39.2 Å². The molecule has 1 aromatic heterocycles. The largest absolute Gasteiger partial charge is 0.370 e. The Morgan fingerprint density at radius 3 is 2.43 bits per heavy atom. The molecule has 0 aliphatic carbocycles. The minimum Gasteiger partial charge on any atom is -0.370 e. The zero-order valence-corrected chi connectivity index (χ0v) is 14.1. The van der Waals surface area contributed by atoms with Gasteiger partial charge in [0, 0.05) is 18.3 Å². The predicted octanol–water partition coefficient (Wildman–Crippen LogP) is 3.65. The summed E-state index contributed by atoms with van der Waals surface area (Å²) in [6, 6.07) is 14.1. The van der Waals surface area contributed by atoms with E-state index in [4.69, 9.17) is 0 Å². The Morgan fingerprint density at radius 1 is 1.09 bits per heavy atom. The highest BCUT2D eigenvalue weighted by Gasteiger charge is 2.15. The minimum atomic E-state index is -0.245. The first kappa shape index (κ1) is 17.0. The molecule has 0 spiro atoms. The molecular weight excluding hydrogens is 286 g/mol. The summed E-state index contributed by atoms with van der Waals surface area (Å²) in [5.41, 5.74) is 1.68. The Hall–Kier alpha value is -2.36. The van der Waals surface area contributed by atoms with Gasteiger partial charge >= 0.3 is 0 Å². The number of anilines is 1. The van der Waals surface area contributed by atoms with E-state index in [-0.39, 0.29) is 11.4 Å². The van der Waals surface area contributed by atoms with Gasteiger partial charge in [-0.1, -0.05) is 30.3 Å². The van der Waals surface area contributed by atoms with Crippen LogP contribution in [0.5, 0.6) is 0 Å². The number of hydrogen-bond acceptors (Lipinski definition) is 3. The number of amides is 1. The van der Waals surface area contributed by atoms with Crippen molar-refractivity contribution in [2.24, 2.45) is 0 Å². The lowest BCUT2D eigenvalue weighted by atomic mass is 10.1. The lowest BCUT2D eigenvalue weighted by Gasteiger charge is -2.20. The Balaban J connectivity index is 1.78. The van der Waals surface area contributed by atoms with Gasteiger partial charge in [-0.25, -0.2) is 4.98 Å². The average Bonchev–Trinajstić information content (AvgIpc) is 2.51. The molecule has 0 radical (unpaired) electrons. The van der Waals surface area contributed by atoms with E-state index in [2.05, 4.69) is 39.9 Å². The maximum Gasteiger partial charge on any atom is 0.253 e. The molecule has 0 fully saturated rings. The molecule has 2 aromatic rings. The first-order valence-corrected chi connectivity index (χ1v) is 8.00. The quantitative estimate of drug-likeness (QED) is 0.801. The summed E-state index contributed by atoms with van der Waals surface area (Å²) in [5.74, 6) is 0.700. The highest BCUT2D eigenvalue weighted by atomic mass is 16.1. The normalized spacial score (nSPS) is 11.1. The van der Waals surface area contributed by atoms with Gasteiger partial charge in [0.1, 0.15) is 5.82 Å². The summed E-state index contributed by atoms with van der Waals surface area (Å²) in [4.78, 5) is 16.3. The van der Waals surface area contributed by atoms with E-state index >= 15 is 0 Å². The lowest BCUT2D eigenvalue weighted by molar-refractivity contribution is 0.0919. The van der Waals surface area contributed by atoms with Crippen LogP contribution in [0.1, 0.15) is 43.1 Å². The summed E-state index contributed by atoms with van der Waals surface area (Å²) in [6.45, 7) is 6.73. The fraction of sp³-hybridized carbons (Fsp3) is 0.368. The van der Waals surface area contributed by atoms with Crippen LogP contribution in [0.15, 0.2) is 48.7 Å². The predicted molar refractivity (Wildman–Crippen MR) is 94.7 cm³/mol. The number of nitrogens with zero attached hydrogens (tertiary/aromatic N) is 1. The van der Waals surface area contributed by atoms with Gasteiger partial charge in [-0.2, -0.15) is 0 Å². The molecule has 1 aromatic carbocycles. The Kier molecular flexibility index (Phi) is 5.74. The molecule has 23 heavy (non-hydrogen) atoms. The Bertz CT molecular complexity index is 615. The molecule has 0 unspecified atom stereocenters. The van der Waals surface area contributed by atoms with Crippen molar-refractivity contribution in [2.75, 3.05) is 11.9 Å². The van der Waals surface area contributed by atoms with E-state index in [0.29, 0.717) is 5.56 Å². The smallest absolute Gasteiger partial charge is 0.253 e. The number of benzene rings is 1. The van der Waals surface area contributed by atoms with Crippen LogP contribution < -0.4 is 10.6 Å². The second-order valence-electron chi connectivity index (χ2n) is 6.65. The maximum atomic E-state index is 12.0. The Labute approximate surface area is 138 Å². The standard InChI is InChI=1S/C19H25N3O/c1-19(2,3)22-18(23)16-11-12-17(21-14-16)20-13-7-10-15-8-5-4-6-9-15/h4-6,8-9,11-12,14H,7,10,13H2,1-3H3,(H,20,21)(H,22,23). The molecule has 0 aliphatic heterocycles. The SMILES string of the molecule is CC(C)(C)NC(=O)c1ccc(NCCCc2ccccc2)nc1. The number of pyridine rings is 1. The number of aryl methyl sites for hydroxylation is 1. The van der Waals surface area contributed by atoms with Crippen molar-refractivity contribution >= 4 is 11.7 Å². The second kappa shape index (κ2) is 7.77. The molecule has 2 rings (SSSR count). The molecule has 1 amide bonds. The molecule has 0 saturated heterocycles. The summed E-state index contributed by atoms with van der Waals surface area (Å²) >= 11 is 0. The van der Waals surface area contributed by atoms with Crippen LogP contribution in [-0.2, 0) is 6.42 Å². The first-order chi connectivity index (χ1) is 10.9. The molecular formula is C19H25N3O. The van der Waals surface area contributed by atoms with Gasteiger partial charge in [-0.3, -0.25) is 4.79 Å². The van der Waals surface area contributed by atoms with Gasteiger partial charge in [0.25, 0.3) is 5.91 Å². The summed E-state index contributed by atoms with van der Waals surface area (Å²) < 4.78 is 0. The van der Waals surface area contributed by atoms with E-state index in [1.165, 1.54) is 5.56 Å². The van der Waals surface area contributed by atoms with Crippen LogP contribution >= 0.6 is 0 Å². The molecule has 4 nitrogen and oxygen atoms in total. The molecule has 0 atom stereocenters. The van der Waals surface area contributed by atoms with E-state index < -0.39 is 0 Å². The van der Waals surface area contributed by atoms with Gasteiger partial charge in [0.2, 0.25) is 0 Å². The molecule has 0 bridgehead atoms. The second-order valence-corrected chi connectivity index (χ2v) is 6.65. The number of hydrogen-bond donors (Lipinski definition) is 2. The average molecular weight is 311 g/mol. The summed E-state index contributed by atoms with van der Waals surface area (Å²) in [7, 11) is 0. The maximum absolute atomic E-state index is 12.0. The number of rotatable bonds is 6. The van der Waals surface area contributed by atoms with Crippen molar-refractivity contribution in [3.63, 3.8) is 0 Å². The van der Waals surface area contributed by atoms with Crippen molar-refractivity contribution < 1.29 is 4.79 Å². The van der Waals surface area contributed by atoms with Crippen molar-refractivity contribution in [3.8, 4) is 0 Å². The van der Waals surface area contributed by atoms with Crippen molar-refractivity contribution in [3.05, 3.63) is 59.8 Å². The fourth-order valence-electron chi connectivity index (χ4n) is 2.20. The van der Waals surface area contributed by atoms with Gasteiger partial charge in [-0.05, 0) is 51.3 Å². The fourth-order valence-corrected chi connectivity index (χ4v) is 2.20. The topological polar surface area (TPSA) is 54.0 Å².